The minimum absolute atomic E-state index is 0.122. The van der Waals surface area contributed by atoms with Crippen LogP contribution in [-0.2, 0) is 32.3 Å². The van der Waals surface area contributed by atoms with E-state index in [2.05, 4.69) is 5.32 Å². The molecule has 0 unspecified atom stereocenters. The number of carbonyl (C=O) groups excluding carboxylic acids is 2. The third-order valence-corrected chi connectivity index (χ3v) is 7.30. The first-order valence-corrected chi connectivity index (χ1v) is 14.0. The van der Waals surface area contributed by atoms with Gasteiger partial charge in [-0.15, -0.1) is 0 Å². The Bertz CT molecular complexity index is 1230. The van der Waals surface area contributed by atoms with Crippen LogP contribution in [-0.4, -0.2) is 50.5 Å². The zero-order valence-electron chi connectivity index (χ0n) is 20.5. The summed E-state index contributed by atoms with van der Waals surface area (Å²) in [5.41, 5.74) is -1.13. The van der Waals surface area contributed by atoms with Crippen LogP contribution in [0.1, 0.15) is 37.8 Å². The van der Waals surface area contributed by atoms with Crippen LogP contribution in [0.4, 0.5) is 18.9 Å². The summed E-state index contributed by atoms with van der Waals surface area (Å²) in [6.45, 7) is 2.94. The number of anilines is 1. The van der Waals surface area contributed by atoms with Gasteiger partial charge in [-0.1, -0.05) is 55.2 Å². The van der Waals surface area contributed by atoms with Gasteiger partial charge in [0.05, 0.1) is 22.5 Å². The van der Waals surface area contributed by atoms with E-state index >= 15 is 0 Å². The van der Waals surface area contributed by atoms with Gasteiger partial charge >= 0.3 is 6.18 Å². The monoisotopic (exact) mass is 581 g/mol. The number of halogens is 5. The van der Waals surface area contributed by atoms with Crippen LogP contribution in [0.25, 0.3) is 0 Å². The second kappa shape index (κ2) is 12.8. The van der Waals surface area contributed by atoms with E-state index in [1.807, 2.05) is 6.92 Å². The number of amides is 2. The number of hydrogen-bond donors (Lipinski definition) is 1. The van der Waals surface area contributed by atoms with Crippen molar-refractivity contribution in [3.63, 3.8) is 0 Å². The van der Waals surface area contributed by atoms with Crippen molar-refractivity contribution in [1.82, 2.24) is 10.2 Å². The van der Waals surface area contributed by atoms with E-state index in [9.17, 15) is 31.2 Å². The molecule has 0 aliphatic rings. The Kier molecular flexibility index (Phi) is 10.7. The van der Waals surface area contributed by atoms with Gasteiger partial charge in [0.25, 0.3) is 0 Å². The summed E-state index contributed by atoms with van der Waals surface area (Å²) in [6.07, 6.45) is -3.22. The first kappa shape index (κ1) is 30.7. The average Bonchev–Trinajstić information content (AvgIpc) is 2.81. The van der Waals surface area contributed by atoms with Crippen molar-refractivity contribution in [2.45, 2.75) is 45.5 Å². The van der Waals surface area contributed by atoms with E-state index < -0.39 is 56.9 Å². The number of alkyl halides is 3. The molecule has 7 nitrogen and oxygen atoms in total. The Morgan fingerprint density at radius 2 is 1.70 bits per heavy atom. The molecule has 0 heterocycles. The minimum atomic E-state index is -4.85. The maximum atomic E-state index is 13.6. The largest absolute Gasteiger partial charge is 0.417 e. The average molecular weight is 582 g/mol. The zero-order valence-corrected chi connectivity index (χ0v) is 22.8. The molecule has 1 atom stereocenters. The van der Waals surface area contributed by atoms with Gasteiger partial charge in [-0.25, -0.2) is 8.42 Å². The van der Waals surface area contributed by atoms with Crippen LogP contribution in [0.2, 0.25) is 10.0 Å². The molecule has 0 spiro atoms. The smallest absolute Gasteiger partial charge is 0.354 e. The third-order valence-electron chi connectivity index (χ3n) is 5.46. The second-order valence-electron chi connectivity index (χ2n) is 8.26. The van der Waals surface area contributed by atoms with Gasteiger partial charge < -0.3 is 10.2 Å². The van der Waals surface area contributed by atoms with Crippen molar-refractivity contribution in [2.24, 2.45) is 0 Å². The maximum Gasteiger partial charge on any atom is 0.417 e. The van der Waals surface area contributed by atoms with E-state index in [0.29, 0.717) is 33.9 Å². The predicted octanol–water partition coefficient (Wildman–Crippen LogP) is 5.11. The standard InChI is InChI=1S/C24H28Cl2F3N3O4S/c1-4-12-30-23(34)21(5-2)31(14-16-8-6-7-9-19(16)25)22(33)15-32(37(3,35)36)17-10-11-20(26)18(13-17)24(27,28)29/h6-11,13,21H,4-5,12,14-15H2,1-3H3,(H,30,34)/t21-/m0/s1. The highest BCUT2D eigenvalue weighted by Gasteiger charge is 2.36. The fraction of sp³-hybridized carbons (Fsp3) is 0.417. The number of nitrogens with zero attached hydrogens (tertiary/aromatic N) is 2. The van der Waals surface area contributed by atoms with Crippen molar-refractivity contribution in [3.8, 4) is 0 Å². The molecule has 0 saturated carbocycles. The highest BCUT2D eigenvalue weighted by molar-refractivity contribution is 7.92. The molecule has 0 aromatic heterocycles. The molecule has 0 fully saturated rings. The van der Waals surface area contributed by atoms with Gasteiger partial charge in [0.15, 0.2) is 0 Å². The maximum absolute atomic E-state index is 13.6. The fourth-order valence-corrected chi connectivity index (χ4v) is 4.86. The molecule has 204 valence electrons. The van der Waals surface area contributed by atoms with E-state index in [1.165, 1.54) is 4.90 Å². The topological polar surface area (TPSA) is 86.8 Å². The summed E-state index contributed by atoms with van der Waals surface area (Å²) in [6, 6.07) is 8.22. The molecule has 0 radical (unpaired) electrons. The fourth-order valence-electron chi connectivity index (χ4n) is 3.59. The molecule has 37 heavy (non-hydrogen) atoms. The van der Waals surface area contributed by atoms with E-state index in [-0.39, 0.29) is 13.0 Å². The molecule has 2 aromatic carbocycles. The Balaban J connectivity index is 2.52. The molecule has 0 saturated heterocycles. The van der Waals surface area contributed by atoms with Crippen molar-refractivity contribution < 1.29 is 31.2 Å². The lowest BCUT2D eigenvalue weighted by molar-refractivity contribution is -0.140. The lowest BCUT2D eigenvalue weighted by atomic mass is 10.1. The lowest BCUT2D eigenvalue weighted by Crippen LogP contribution is -2.52. The number of carbonyl (C=O) groups is 2. The van der Waals surface area contributed by atoms with Gasteiger partial charge in [-0.05, 0) is 42.7 Å². The van der Waals surface area contributed by atoms with Crippen LogP contribution in [0.5, 0.6) is 0 Å². The molecule has 2 aromatic rings. The van der Waals surface area contributed by atoms with Crippen LogP contribution in [0.3, 0.4) is 0 Å². The van der Waals surface area contributed by atoms with Crippen molar-refractivity contribution in [1.29, 1.82) is 0 Å². The van der Waals surface area contributed by atoms with Crippen molar-refractivity contribution >= 4 is 50.7 Å². The molecule has 2 rings (SSSR count). The number of hydrogen-bond acceptors (Lipinski definition) is 4. The number of sulfonamides is 1. The molecule has 0 aliphatic carbocycles. The number of benzene rings is 2. The summed E-state index contributed by atoms with van der Waals surface area (Å²) in [5.74, 6) is -1.24. The van der Waals surface area contributed by atoms with Crippen LogP contribution < -0.4 is 9.62 Å². The first-order valence-electron chi connectivity index (χ1n) is 11.4. The zero-order chi connectivity index (χ0) is 28.0. The number of rotatable bonds is 11. The van der Waals surface area contributed by atoms with Crippen LogP contribution >= 0.6 is 23.2 Å². The SMILES string of the molecule is CCCNC(=O)[C@H](CC)N(Cc1ccccc1Cl)C(=O)CN(c1ccc(Cl)c(C(F)(F)F)c1)S(C)(=O)=O. The van der Waals surface area contributed by atoms with Crippen molar-refractivity contribution in [3.05, 3.63) is 63.6 Å². The van der Waals surface area contributed by atoms with E-state index in [0.717, 1.165) is 18.4 Å². The molecule has 1 N–H and O–H groups in total. The second-order valence-corrected chi connectivity index (χ2v) is 11.0. The summed E-state index contributed by atoms with van der Waals surface area (Å²) in [5, 5.41) is 2.44. The summed E-state index contributed by atoms with van der Waals surface area (Å²) in [7, 11) is -4.22. The molecular weight excluding hydrogens is 554 g/mol. The van der Waals surface area contributed by atoms with Gasteiger partial charge in [0.1, 0.15) is 12.6 Å². The van der Waals surface area contributed by atoms with Gasteiger partial charge in [-0.2, -0.15) is 13.2 Å². The van der Waals surface area contributed by atoms with Crippen LogP contribution in [0, 0.1) is 0 Å². The van der Waals surface area contributed by atoms with Gasteiger partial charge in [-0.3, -0.25) is 13.9 Å². The minimum Gasteiger partial charge on any atom is -0.354 e. The first-order chi connectivity index (χ1) is 17.2. The van der Waals surface area contributed by atoms with Crippen LogP contribution in [0.15, 0.2) is 42.5 Å². The highest BCUT2D eigenvalue weighted by atomic mass is 35.5. The number of nitrogens with one attached hydrogen (secondary N) is 1. The molecule has 2 amide bonds. The molecule has 0 bridgehead atoms. The molecule has 0 aliphatic heterocycles. The van der Waals surface area contributed by atoms with Crippen molar-refractivity contribution in [2.75, 3.05) is 23.7 Å². The Labute approximate surface area is 224 Å². The van der Waals surface area contributed by atoms with E-state index in [1.54, 1.807) is 31.2 Å². The molecular formula is C24H28Cl2F3N3O4S. The third kappa shape index (κ3) is 8.24. The summed E-state index contributed by atoms with van der Waals surface area (Å²) >= 11 is 11.9. The Morgan fingerprint density at radius 3 is 2.24 bits per heavy atom. The van der Waals surface area contributed by atoms with Gasteiger partial charge in [0, 0.05) is 18.1 Å². The van der Waals surface area contributed by atoms with Gasteiger partial charge in [0.2, 0.25) is 21.8 Å². The molecule has 13 heteroatoms. The Morgan fingerprint density at radius 1 is 1.05 bits per heavy atom. The lowest BCUT2D eigenvalue weighted by Gasteiger charge is -2.33. The Hall–Kier alpha value is -2.50. The normalized spacial score (nSPS) is 12.6. The van der Waals surface area contributed by atoms with E-state index in [4.69, 9.17) is 23.2 Å². The highest BCUT2D eigenvalue weighted by Crippen LogP contribution is 2.37. The predicted molar refractivity (Wildman–Crippen MR) is 138 cm³/mol. The summed E-state index contributed by atoms with van der Waals surface area (Å²) < 4.78 is 66.0. The quantitative estimate of drug-likeness (QED) is 0.399. The summed E-state index contributed by atoms with van der Waals surface area (Å²) in [4.78, 5) is 27.6.